The molecule has 10 nitrogen and oxygen atoms in total. The lowest BCUT2D eigenvalue weighted by Crippen LogP contribution is -2.57. The molecule has 0 bridgehead atoms. The molecule has 0 unspecified atom stereocenters. The minimum absolute atomic E-state index is 0.0523. The second-order valence-corrected chi connectivity index (χ2v) is 14.4. The molecule has 0 spiro atoms. The van der Waals surface area contributed by atoms with Gasteiger partial charge in [0.25, 0.3) is 0 Å². The van der Waals surface area contributed by atoms with Crippen LogP contribution < -0.4 is 21.7 Å². The summed E-state index contributed by atoms with van der Waals surface area (Å²) in [5.74, 6) is 0.817. The predicted molar refractivity (Wildman–Crippen MR) is 175 cm³/mol. The number of benzene rings is 1. The van der Waals surface area contributed by atoms with Gasteiger partial charge in [-0.3, -0.25) is 10.1 Å². The maximum Gasteiger partial charge on any atom is 0.418 e. The number of likely N-dealkylation sites (tertiary alicyclic amines) is 2. The van der Waals surface area contributed by atoms with Crippen molar-refractivity contribution in [2.75, 3.05) is 50.3 Å². The van der Waals surface area contributed by atoms with Crippen molar-refractivity contribution < 1.29 is 27.6 Å². The number of fused-ring (bicyclic) bond motifs is 1. The number of alkyl halides is 3. The van der Waals surface area contributed by atoms with Gasteiger partial charge in [-0.15, -0.1) is 11.3 Å². The molecule has 47 heavy (non-hydrogen) atoms. The van der Waals surface area contributed by atoms with E-state index in [1.165, 1.54) is 17.4 Å². The monoisotopic (exact) mass is 695 g/mol. The Morgan fingerprint density at radius 2 is 1.68 bits per heavy atom. The van der Waals surface area contributed by atoms with Crippen LogP contribution in [0.5, 0.6) is 0 Å². The van der Waals surface area contributed by atoms with E-state index in [4.69, 9.17) is 17.3 Å². The van der Waals surface area contributed by atoms with E-state index in [1.807, 2.05) is 11.4 Å². The van der Waals surface area contributed by atoms with Gasteiger partial charge in [0.15, 0.2) is 0 Å². The molecule has 4 aliphatic heterocycles. The summed E-state index contributed by atoms with van der Waals surface area (Å²) >= 11 is 7.60. The van der Waals surface area contributed by atoms with E-state index >= 15 is 0 Å². The first-order valence-electron chi connectivity index (χ1n) is 16.3. The van der Waals surface area contributed by atoms with Crippen LogP contribution in [-0.2, 0) is 23.9 Å². The van der Waals surface area contributed by atoms with Crippen molar-refractivity contribution in [3.63, 3.8) is 0 Å². The summed E-state index contributed by atoms with van der Waals surface area (Å²) in [5, 5.41) is 11.7. The molecule has 2 aromatic rings. The number of piperidine rings is 3. The number of rotatable bonds is 6. The van der Waals surface area contributed by atoms with Gasteiger partial charge in [0.1, 0.15) is 11.0 Å². The highest BCUT2D eigenvalue weighted by atomic mass is 35.5. The first-order chi connectivity index (χ1) is 22.5. The van der Waals surface area contributed by atoms with Crippen molar-refractivity contribution in [2.45, 2.75) is 69.8 Å². The molecule has 4 aliphatic rings. The quantitative estimate of drug-likeness (QED) is 0.303. The van der Waals surface area contributed by atoms with Crippen LogP contribution in [0.25, 0.3) is 0 Å². The van der Waals surface area contributed by atoms with Gasteiger partial charge in [0.2, 0.25) is 5.91 Å². The van der Waals surface area contributed by atoms with Crippen LogP contribution in [0.2, 0.25) is 5.02 Å². The summed E-state index contributed by atoms with van der Waals surface area (Å²) < 4.78 is 41.3. The summed E-state index contributed by atoms with van der Waals surface area (Å²) in [7, 11) is 0. The van der Waals surface area contributed by atoms with E-state index in [0.717, 1.165) is 55.4 Å². The SMILES string of the molecule is Nc1c(Cl)cc(C[C@@H](NC(=O)N2CCC(N3Cc4ccsc4NC3=O)CC2)C(=O)N2CCC(C3CCNCC3)CC2)cc1C(F)(F)F. The van der Waals surface area contributed by atoms with Crippen LogP contribution >= 0.6 is 22.9 Å². The van der Waals surface area contributed by atoms with Crippen LogP contribution in [-0.4, -0.2) is 84.0 Å². The maximum atomic E-state index is 14.0. The third-order valence-electron chi connectivity index (χ3n) is 10.2. The standard InChI is InChI=1S/C32H41ClF3N7O3S/c33-25-16-19(15-24(27(25)37)32(34,35)36)17-26(29(44)41-10-3-21(4-11-41)20-1-8-38-9-2-20)39-30(45)42-12-5-23(6-13-42)43-18-22-7-14-47-28(22)40-31(43)46/h7,14-16,20-21,23,26,38H,1-6,8-13,17-18,37H2,(H,39,45)(H,40,46)/t26-/m1/s1. The number of carbonyl (C=O) groups excluding carboxylic acids is 3. The third kappa shape index (κ3) is 7.59. The largest absolute Gasteiger partial charge is 0.418 e. The molecule has 1 aromatic heterocycles. The first kappa shape index (κ1) is 33.7. The topological polar surface area (TPSA) is 123 Å². The van der Waals surface area contributed by atoms with Crippen molar-refractivity contribution in [3.05, 3.63) is 45.3 Å². The molecule has 256 valence electrons. The van der Waals surface area contributed by atoms with E-state index in [9.17, 15) is 27.6 Å². The highest BCUT2D eigenvalue weighted by Crippen LogP contribution is 2.38. The first-order valence-corrected chi connectivity index (χ1v) is 17.6. The summed E-state index contributed by atoms with van der Waals surface area (Å²) in [6, 6.07) is 2.46. The molecule has 3 saturated heterocycles. The highest BCUT2D eigenvalue weighted by Gasteiger charge is 2.38. The van der Waals surface area contributed by atoms with Crippen molar-refractivity contribution >= 4 is 51.6 Å². The molecule has 1 aromatic carbocycles. The highest BCUT2D eigenvalue weighted by molar-refractivity contribution is 7.14. The van der Waals surface area contributed by atoms with Gasteiger partial charge >= 0.3 is 18.2 Å². The zero-order valence-electron chi connectivity index (χ0n) is 26.1. The molecule has 3 fully saturated rings. The maximum absolute atomic E-state index is 14.0. The Hall–Kier alpha value is -3.23. The van der Waals surface area contributed by atoms with E-state index in [1.54, 1.807) is 14.7 Å². The molecule has 15 heteroatoms. The van der Waals surface area contributed by atoms with Crippen molar-refractivity contribution in [1.82, 2.24) is 25.3 Å². The van der Waals surface area contributed by atoms with E-state index in [0.29, 0.717) is 57.4 Å². The Labute approximate surface area is 281 Å². The fraction of sp³-hybridized carbons (Fsp3) is 0.594. The number of thiophene rings is 1. The fourth-order valence-electron chi connectivity index (χ4n) is 7.50. The number of hydrogen-bond acceptors (Lipinski definition) is 6. The second kappa shape index (κ2) is 14.1. The van der Waals surface area contributed by atoms with Gasteiger partial charge in [0, 0.05) is 44.2 Å². The lowest BCUT2D eigenvalue weighted by molar-refractivity contribution is -0.137. The summed E-state index contributed by atoms with van der Waals surface area (Å²) in [5.41, 5.74) is 5.23. The van der Waals surface area contributed by atoms with Crippen LogP contribution in [0.15, 0.2) is 23.6 Å². The van der Waals surface area contributed by atoms with Gasteiger partial charge in [-0.25, -0.2) is 9.59 Å². The Bertz CT molecular complexity index is 1470. The molecule has 1 atom stereocenters. The number of halogens is 4. The Morgan fingerprint density at radius 1 is 1.02 bits per heavy atom. The Kier molecular flexibility index (Phi) is 10.1. The van der Waals surface area contributed by atoms with E-state index in [-0.39, 0.29) is 35.0 Å². The number of hydrogen-bond donors (Lipinski definition) is 4. The summed E-state index contributed by atoms with van der Waals surface area (Å²) in [4.78, 5) is 45.4. The third-order valence-corrected chi connectivity index (χ3v) is 11.4. The average molecular weight is 696 g/mol. The molecule has 0 aliphatic carbocycles. The second-order valence-electron chi connectivity index (χ2n) is 13.0. The molecule has 5 N–H and O–H groups in total. The molecule has 0 radical (unpaired) electrons. The van der Waals surface area contributed by atoms with Gasteiger partial charge in [-0.2, -0.15) is 13.2 Å². The minimum atomic E-state index is -4.73. The summed E-state index contributed by atoms with van der Waals surface area (Å²) in [6.45, 7) is 4.31. The molecular weight excluding hydrogens is 655 g/mol. The van der Waals surface area contributed by atoms with Crippen LogP contribution in [0.1, 0.15) is 55.2 Å². The van der Waals surface area contributed by atoms with Gasteiger partial charge in [0.05, 0.1) is 22.8 Å². The lowest BCUT2D eigenvalue weighted by Gasteiger charge is -2.41. The van der Waals surface area contributed by atoms with Gasteiger partial charge in [-0.1, -0.05) is 11.6 Å². The number of nitrogens with two attached hydrogens (primary N) is 1. The van der Waals surface area contributed by atoms with E-state index < -0.39 is 29.5 Å². The van der Waals surface area contributed by atoms with Crippen molar-refractivity contribution in [1.29, 1.82) is 0 Å². The van der Waals surface area contributed by atoms with Crippen molar-refractivity contribution in [3.8, 4) is 0 Å². The number of carbonyl (C=O) groups is 3. The van der Waals surface area contributed by atoms with Crippen LogP contribution in [0, 0.1) is 11.8 Å². The molecular formula is C32H41ClF3N7O3S. The van der Waals surface area contributed by atoms with Crippen LogP contribution in [0.4, 0.5) is 33.4 Å². The smallest absolute Gasteiger partial charge is 0.397 e. The van der Waals surface area contributed by atoms with E-state index in [2.05, 4.69) is 16.0 Å². The van der Waals surface area contributed by atoms with Gasteiger partial charge in [-0.05, 0) is 92.6 Å². The average Bonchev–Trinajstić information content (AvgIpc) is 3.52. The minimum Gasteiger partial charge on any atom is -0.397 e. The number of nitrogens with zero attached hydrogens (tertiary/aromatic N) is 3. The zero-order chi connectivity index (χ0) is 33.3. The Balaban J connectivity index is 1.13. The molecule has 0 saturated carbocycles. The fourth-order valence-corrected chi connectivity index (χ4v) is 8.54. The van der Waals surface area contributed by atoms with Gasteiger partial charge < -0.3 is 31.1 Å². The zero-order valence-corrected chi connectivity index (χ0v) is 27.7. The normalized spacial score (nSPS) is 20.9. The summed E-state index contributed by atoms with van der Waals surface area (Å²) in [6.07, 6.45) is 0.160. The Morgan fingerprint density at radius 3 is 2.36 bits per heavy atom. The van der Waals surface area contributed by atoms with Crippen molar-refractivity contribution in [2.24, 2.45) is 11.8 Å². The number of urea groups is 2. The lowest BCUT2D eigenvalue weighted by atomic mass is 9.79. The molecule has 5 heterocycles. The molecule has 5 amide bonds. The molecule has 6 rings (SSSR count). The van der Waals surface area contributed by atoms with Crippen LogP contribution in [0.3, 0.4) is 0 Å². The number of nitrogens with one attached hydrogen (secondary N) is 3. The number of anilines is 2. The number of nitrogen functional groups attached to an aromatic ring is 1. The number of amides is 5. The predicted octanol–water partition coefficient (Wildman–Crippen LogP) is 5.37.